The van der Waals surface area contributed by atoms with Gasteiger partial charge in [0.05, 0.1) is 0 Å². The fraction of sp³-hybridized carbons (Fsp3) is 0.533. The molecule has 0 bridgehead atoms. The Morgan fingerprint density at radius 1 is 1.37 bits per heavy atom. The first-order chi connectivity index (χ1) is 8.87. The molecular weight excluding hydrogens is 242 g/mol. The Labute approximate surface area is 114 Å². The summed E-state index contributed by atoms with van der Waals surface area (Å²) in [4.78, 5) is 11.7. The van der Waals surface area contributed by atoms with E-state index in [1.165, 1.54) is 0 Å². The number of alkyl carbamates (subject to hydrolysis) is 1. The van der Waals surface area contributed by atoms with Crippen molar-refractivity contribution < 1.29 is 14.3 Å². The number of nitrogens with one attached hydrogen (secondary N) is 1. The van der Waals surface area contributed by atoms with Crippen molar-refractivity contribution in [3.63, 3.8) is 0 Å². The third kappa shape index (κ3) is 3.07. The first-order valence-electron chi connectivity index (χ1n) is 6.60. The maximum atomic E-state index is 11.7. The number of hydrogen-bond acceptors (Lipinski definition) is 3. The summed E-state index contributed by atoms with van der Waals surface area (Å²) in [6, 6.07) is 9.93. The third-order valence-electron chi connectivity index (χ3n) is 3.13. The van der Waals surface area contributed by atoms with Crippen LogP contribution in [0.25, 0.3) is 0 Å². The molecule has 0 spiro atoms. The van der Waals surface area contributed by atoms with Crippen LogP contribution in [0.2, 0.25) is 0 Å². The van der Waals surface area contributed by atoms with E-state index in [2.05, 4.69) is 5.32 Å². The van der Waals surface area contributed by atoms with Gasteiger partial charge >= 0.3 is 6.09 Å². The average Bonchev–Trinajstić information content (AvgIpc) is 3.02. The van der Waals surface area contributed by atoms with E-state index in [0.29, 0.717) is 0 Å². The van der Waals surface area contributed by atoms with Crippen molar-refractivity contribution in [3.8, 4) is 0 Å². The van der Waals surface area contributed by atoms with Crippen molar-refractivity contribution in [1.29, 1.82) is 0 Å². The topological polar surface area (TPSA) is 50.9 Å². The number of carbonyl (C=O) groups is 1. The molecule has 4 heteroatoms. The van der Waals surface area contributed by atoms with Crippen LogP contribution in [-0.2, 0) is 15.1 Å². The van der Waals surface area contributed by atoms with E-state index in [1.54, 1.807) is 0 Å². The van der Waals surface area contributed by atoms with E-state index >= 15 is 0 Å². The van der Waals surface area contributed by atoms with Gasteiger partial charge in [0.2, 0.25) is 0 Å². The molecular formula is C15H21NO3. The molecule has 1 aromatic rings. The van der Waals surface area contributed by atoms with Crippen molar-refractivity contribution in [2.75, 3.05) is 0 Å². The highest BCUT2D eigenvalue weighted by Gasteiger charge is 2.57. The first kappa shape index (κ1) is 13.9. The Bertz CT molecular complexity index is 452. The van der Waals surface area contributed by atoms with Gasteiger partial charge in [-0.05, 0) is 32.8 Å². The lowest BCUT2D eigenvalue weighted by atomic mass is 9.95. The zero-order chi connectivity index (χ0) is 14.1. The van der Waals surface area contributed by atoms with Crippen molar-refractivity contribution in [2.24, 2.45) is 0 Å². The monoisotopic (exact) mass is 263 g/mol. The maximum Gasteiger partial charge on any atom is 0.409 e. The molecule has 1 amide bonds. The lowest BCUT2D eigenvalue weighted by Gasteiger charge is -2.19. The molecule has 0 aromatic heterocycles. The van der Waals surface area contributed by atoms with Crippen LogP contribution >= 0.6 is 0 Å². The van der Waals surface area contributed by atoms with E-state index in [4.69, 9.17) is 9.47 Å². The molecule has 2 unspecified atom stereocenters. The van der Waals surface area contributed by atoms with Gasteiger partial charge in [-0.2, -0.15) is 0 Å². The largest absolute Gasteiger partial charge is 0.444 e. The lowest BCUT2D eigenvalue weighted by Crippen LogP contribution is -2.36. The number of amides is 1. The highest BCUT2D eigenvalue weighted by molar-refractivity contribution is 5.68. The average molecular weight is 263 g/mol. The van der Waals surface area contributed by atoms with E-state index in [9.17, 15) is 4.79 Å². The number of benzene rings is 1. The second kappa shape index (κ2) is 4.85. The summed E-state index contributed by atoms with van der Waals surface area (Å²) in [7, 11) is 0. The molecule has 0 saturated carbocycles. The van der Waals surface area contributed by atoms with Gasteiger partial charge in [-0.3, -0.25) is 5.32 Å². The molecule has 1 heterocycles. The van der Waals surface area contributed by atoms with Crippen molar-refractivity contribution in [1.82, 2.24) is 5.32 Å². The number of rotatable bonds is 3. The summed E-state index contributed by atoms with van der Waals surface area (Å²) in [5.41, 5.74) is 0.178. The van der Waals surface area contributed by atoms with Crippen molar-refractivity contribution in [3.05, 3.63) is 35.9 Å². The maximum absolute atomic E-state index is 11.7. The van der Waals surface area contributed by atoms with Crippen LogP contribution in [0, 0.1) is 0 Å². The van der Waals surface area contributed by atoms with Gasteiger partial charge in [0.15, 0.2) is 6.23 Å². The van der Waals surface area contributed by atoms with E-state index in [-0.39, 0.29) is 6.23 Å². The van der Waals surface area contributed by atoms with E-state index in [0.717, 1.165) is 12.0 Å². The summed E-state index contributed by atoms with van der Waals surface area (Å²) < 4.78 is 10.9. The minimum absolute atomic E-state index is 0.310. The summed E-state index contributed by atoms with van der Waals surface area (Å²) in [5, 5.41) is 2.77. The fourth-order valence-corrected chi connectivity index (χ4v) is 2.15. The SMILES string of the molecule is CCC1(c2ccccc2)OC1NC(=O)OC(C)(C)C. The van der Waals surface area contributed by atoms with Gasteiger partial charge in [0.1, 0.15) is 11.2 Å². The van der Waals surface area contributed by atoms with Crippen LogP contribution in [0.3, 0.4) is 0 Å². The molecule has 1 aliphatic rings. The lowest BCUT2D eigenvalue weighted by molar-refractivity contribution is 0.0503. The molecule has 2 rings (SSSR count). The molecule has 1 aromatic carbocycles. The van der Waals surface area contributed by atoms with Gasteiger partial charge in [0.25, 0.3) is 0 Å². The van der Waals surface area contributed by atoms with Gasteiger partial charge in [0, 0.05) is 0 Å². The highest BCUT2D eigenvalue weighted by atomic mass is 16.6. The minimum Gasteiger partial charge on any atom is -0.444 e. The summed E-state index contributed by atoms with van der Waals surface area (Å²) in [5.74, 6) is 0. The van der Waals surface area contributed by atoms with Crippen LogP contribution in [0.5, 0.6) is 0 Å². The molecule has 1 saturated heterocycles. The van der Waals surface area contributed by atoms with Gasteiger partial charge < -0.3 is 9.47 Å². The van der Waals surface area contributed by atoms with Crippen molar-refractivity contribution >= 4 is 6.09 Å². The number of carbonyl (C=O) groups excluding carboxylic acids is 1. The molecule has 1 fully saturated rings. The fourth-order valence-electron chi connectivity index (χ4n) is 2.15. The molecule has 0 aliphatic carbocycles. The number of hydrogen-bond donors (Lipinski definition) is 1. The van der Waals surface area contributed by atoms with Gasteiger partial charge in [-0.15, -0.1) is 0 Å². The number of epoxide rings is 1. The standard InChI is InChI=1S/C15H21NO3/c1-5-15(11-9-7-6-8-10-11)12(18-15)16-13(17)19-14(2,3)4/h6-10,12H,5H2,1-4H3,(H,16,17). The Hall–Kier alpha value is -1.55. The molecule has 19 heavy (non-hydrogen) atoms. The smallest absolute Gasteiger partial charge is 0.409 e. The second-order valence-electron chi connectivity index (χ2n) is 5.75. The van der Waals surface area contributed by atoms with Crippen LogP contribution in [0.15, 0.2) is 30.3 Å². The molecule has 1 aliphatic heterocycles. The van der Waals surface area contributed by atoms with E-state index in [1.807, 2.05) is 58.0 Å². The van der Waals surface area contributed by atoms with Gasteiger partial charge in [-0.25, -0.2) is 4.79 Å². The zero-order valence-corrected chi connectivity index (χ0v) is 11.9. The predicted molar refractivity (Wildman–Crippen MR) is 72.7 cm³/mol. The molecule has 4 nitrogen and oxygen atoms in total. The third-order valence-corrected chi connectivity index (χ3v) is 3.13. The Kier molecular flexibility index (Phi) is 3.54. The molecule has 1 N–H and O–H groups in total. The van der Waals surface area contributed by atoms with Crippen LogP contribution in [0.4, 0.5) is 4.79 Å². The minimum atomic E-state index is -0.499. The van der Waals surface area contributed by atoms with Gasteiger partial charge in [-0.1, -0.05) is 37.3 Å². The Balaban J connectivity index is 2.00. The Morgan fingerprint density at radius 3 is 2.53 bits per heavy atom. The summed E-state index contributed by atoms with van der Waals surface area (Å²) in [6.45, 7) is 7.56. The number of ether oxygens (including phenoxy) is 2. The Morgan fingerprint density at radius 2 is 2.00 bits per heavy atom. The van der Waals surface area contributed by atoms with Crippen molar-refractivity contribution in [2.45, 2.75) is 51.5 Å². The predicted octanol–water partition coefficient (Wildman–Crippen LogP) is 3.17. The molecule has 104 valence electrons. The van der Waals surface area contributed by atoms with Crippen LogP contribution in [-0.4, -0.2) is 17.9 Å². The quantitative estimate of drug-likeness (QED) is 0.852. The second-order valence-corrected chi connectivity index (χ2v) is 5.75. The molecule has 0 radical (unpaired) electrons. The summed E-state index contributed by atoms with van der Waals surface area (Å²) in [6.07, 6.45) is 0.0517. The van der Waals surface area contributed by atoms with Crippen LogP contribution < -0.4 is 5.32 Å². The highest BCUT2D eigenvalue weighted by Crippen LogP contribution is 2.47. The normalized spacial score (nSPS) is 25.8. The van der Waals surface area contributed by atoms with Crippen LogP contribution in [0.1, 0.15) is 39.7 Å². The van der Waals surface area contributed by atoms with E-state index < -0.39 is 17.3 Å². The summed E-state index contributed by atoms with van der Waals surface area (Å²) >= 11 is 0. The first-order valence-corrected chi connectivity index (χ1v) is 6.60. The molecule has 2 atom stereocenters. The zero-order valence-electron chi connectivity index (χ0n) is 11.9.